The van der Waals surface area contributed by atoms with Gasteiger partial charge in [0.15, 0.2) is 0 Å². The van der Waals surface area contributed by atoms with Crippen LogP contribution in [0.1, 0.15) is 18.1 Å². The van der Waals surface area contributed by atoms with Crippen molar-refractivity contribution in [2.75, 3.05) is 18.5 Å². The molecular formula is C16H16N2O2S. The van der Waals surface area contributed by atoms with Gasteiger partial charge in [0.05, 0.1) is 5.70 Å². The lowest BCUT2D eigenvalue weighted by Crippen LogP contribution is -2.28. The smallest absolute Gasteiger partial charge is 0.299 e. The van der Waals surface area contributed by atoms with E-state index in [-0.39, 0.29) is 11.1 Å². The van der Waals surface area contributed by atoms with Gasteiger partial charge < -0.3 is 9.64 Å². The number of carbonyl (C=O) groups is 1. The zero-order valence-electron chi connectivity index (χ0n) is 12.2. The maximum atomic E-state index is 12.2. The third kappa shape index (κ3) is 2.14. The molecule has 0 aromatic heterocycles. The normalized spacial score (nSPS) is 20.9. The third-order valence-corrected chi connectivity index (χ3v) is 4.05. The number of rotatable bonds is 1. The number of carbonyl (C=O) groups excluding carboxylic acids is 1. The molecule has 1 aromatic rings. The van der Waals surface area contributed by atoms with Crippen LogP contribution in [0.25, 0.3) is 6.08 Å². The summed E-state index contributed by atoms with van der Waals surface area (Å²) in [6.45, 7) is 4.85. The molecule has 21 heavy (non-hydrogen) atoms. The SMILES string of the molecule is CCN1/C(=C2/OC(=S)N(C)C2=O)C=Cc2cc(C)ccc21. The Balaban J connectivity index is 2.13. The number of amides is 1. The molecule has 0 saturated carbocycles. The summed E-state index contributed by atoms with van der Waals surface area (Å²) in [7, 11) is 1.62. The number of allylic oxidation sites excluding steroid dienone is 1. The lowest BCUT2D eigenvalue weighted by atomic mass is 10.0. The van der Waals surface area contributed by atoms with Crippen molar-refractivity contribution in [3.8, 4) is 0 Å². The van der Waals surface area contributed by atoms with Crippen LogP contribution in [0.15, 0.2) is 35.7 Å². The summed E-state index contributed by atoms with van der Waals surface area (Å²) in [6, 6.07) is 6.26. The van der Waals surface area contributed by atoms with Gasteiger partial charge in [0.2, 0.25) is 5.76 Å². The van der Waals surface area contributed by atoms with E-state index in [0.29, 0.717) is 5.76 Å². The monoisotopic (exact) mass is 300 g/mol. The van der Waals surface area contributed by atoms with Crippen molar-refractivity contribution in [2.45, 2.75) is 13.8 Å². The highest BCUT2D eigenvalue weighted by atomic mass is 32.1. The Hall–Kier alpha value is -2.14. The predicted molar refractivity (Wildman–Crippen MR) is 86.7 cm³/mol. The molecule has 4 nitrogen and oxygen atoms in total. The molecule has 1 aromatic carbocycles. The van der Waals surface area contributed by atoms with Gasteiger partial charge >= 0.3 is 0 Å². The van der Waals surface area contributed by atoms with Crippen LogP contribution < -0.4 is 4.90 Å². The number of anilines is 1. The quantitative estimate of drug-likeness (QED) is 0.590. The van der Waals surface area contributed by atoms with Crippen LogP contribution >= 0.6 is 12.2 Å². The Bertz CT molecular complexity index is 706. The molecule has 0 bridgehead atoms. The summed E-state index contributed by atoms with van der Waals surface area (Å²) in [6.07, 6.45) is 3.93. The molecule has 5 heteroatoms. The molecule has 1 fully saturated rings. The Morgan fingerprint density at radius 3 is 2.67 bits per heavy atom. The van der Waals surface area contributed by atoms with Gasteiger partial charge in [-0.05, 0) is 49.8 Å². The standard InChI is InChI=1S/C16H16N2O2S/c1-4-18-12-7-5-10(2)9-11(12)6-8-13(18)14-15(19)17(3)16(21)20-14/h5-9H,4H2,1-3H3/b14-13+. The van der Waals surface area contributed by atoms with Gasteiger partial charge in [0.25, 0.3) is 11.1 Å². The topological polar surface area (TPSA) is 32.8 Å². The van der Waals surface area contributed by atoms with E-state index in [9.17, 15) is 4.79 Å². The van der Waals surface area contributed by atoms with Gasteiger partial charge in [-0.15, -0.1) is 0 Å². The van der Waals surface area contributed by atoms with Gasteiger partial charge in [0, 0.05) is 19.3 Å². The molecule has 0 aliphatic carbocycles. The first kappa shape index (κ1) is 13.8. The van der Waals surface area contributed by atoms with Crippen LogP contribution in [-0.2, 0) is 9.53 Å². The molecular weight excluding hydrogens is 284 g/mol. The Kier molecular flexibility index (Phi) is 3.29. The molecule has 0 spiro atoms. The van der Waals surface area contributed by atoms with Crippen LogP contribution in [0.2, 0.25) is 0 Å². The Labute approximate surface area is 129 Å². The molecule has 0 unspecified atom stereocenters. The summed E-state index contributed by atoms with van der Waals surface area (Å²) in [5, 5.41) is 0.196. The van der Waals surface area contributed by atoms with Gasteiger partial charge in [0.1, 0.15) is 0 Å². The second-order valence-corrected chi connectivity index (χ2v) is 5.44. The van der Waals surface area contributed by atoms with Crippen molar-refractivity contribution < 1.29 is 9.53 Å². The molecule has 108 valence electrons. The fourth-order valence-electron chi connectivity index (χ4n) is 2.58. The van der Waals surface area contributed by atoms with Crippen LogP contribution in [0.3, 0.4) is 0 Å². The number of hydrogen-bond donors (Lipinski definition) is 0. The van der Waals surface area contributed by atoms with E-state index < -0.39 is 0 Å². The third-order valence-electron chi connectivity index (χ3n) is 3.70. The zero-order chi connectivity index (χ0) is 15.1. The van der Waals surface area contributed by atoms with Crippen LogP contribution in [0.5, 0.6) is 0 Å². The largest absolute Gasteiger partial charge is 0.423 e. The highest BCUT2D eigenvalue weighted by Gasteiger charge is 2.35. The van der Waals surface area contributed by atoms with Gasteiger partial charge in [-0.25, -0.2) is 0 Å². The predicted octanol–water partition coefficient (Wildman–Crippen LogP) is 2.83. The number of likely N-dealkylation sites (N-methyl/N-ethyl adjacent to an activating group) is 2. The lowest BCUT2D eigenvalue weighted by Gasteiger charge is -2.29. The van der Waals surface area contributed by atoms with E-state index in [1.54, 1.807) is 7.05 Å². The van der Waals surface area contributed by atoms with Crippen molar-refractivity contribution in [1.82, 2.24) is 4.90 Å². The molecule has 2 aliphatic heterocycles. The second-order valence-electron chi connectivity index (χ2n) is 5.09. The summed E-state index contributed by atoms with van der Waals surface area (Å²) >= 11 is 5.04. The molecule has 0 N–H and O–H groups in total. The minimum Gasteiger partial charge on any atom is -0.423 e. The molecule has 0 radical (unpaired) electrons. The number of benzene rings is 1. The Morgan fingerprint density at radius 1 is 1.29 bits per heavy atom. The zero-order valence-corrected chi connectivity index (χ0v) is 13.0. The molecule has 3 rings (SSSR count). The maximum Gasteiger partial charge on any atom is 0.299 e. The van der Waals surface area contributed by atoms with E-state index in [4.69, 9.17) is 17.0 Å². The highest BCUT2D eigenvalue weighted by Crippen LogP contribution is 2.34. The van der Waals surface area contributed by atoms with Gasteiger partial charge in [-0.1, -0.05) is 17.7 Å². The van der Waals surface area contributed by atoms with Gasteiger partial charge in [-0.3, -0.25) is 9.69 Å². The first-order chi connectivity index (χ1) is 10.0. The van der Waals surface area contributed by atoms with Crippen molar-refractivity contribution in [2.24, 2.45) is 0 Å². The number of fused-ring (bicyclic) bond motifs is 1. The highest BCUT2D eigenvalue weighted by molar-refractivity contribution is 7.80. The summed E-state index contributed by atoms with van der Waals surface area (Å²) in [5.74, 6) is 0.0977. The fraction of sp³-hybridized carbons (Fsp3) is 0.250. The average Bonchev–Trinajstić information content (AvgIpc) is 2.73. The number of ether oxygens (including phenoxy) is 1. The summed E-state index contributed by atoms with van der Waals surface area (Å²) in [4.78, 5) is 15.7. The number of aryl methyl sites for hydroxylation is 1. The van der Waals surface area contributed by atoms with E-state index in [1.165, 1.54) is 10.5 Å². The minimum absolute atomic E-state index is 0.196. The lowest BCUT2D eigenvalue weighted by molar-refractivity contribution is -0.122. The fourth-order valence-corrected chi connectivity index (χ4v) is 2.74. The molecule has 2 heterocycles. The molecule has 1 saturated heterocycles. The van der Waals surface area contributed by atoms with E-state index >= 15 is 0 Å². The minimum atomic E-state index is -0.200. The van der Waals surface area contributed by atoms with Crippen LogP contribution in [-0.4, -0.2) is 29.6 Å². The van der Waals surface area contributed by atoms with Crippen LogP contribution in [0.4, 0.5) is 5.69 Å². The number of thiocarbonyl (C=S) groups is 1. The summed E-state index contributed by atoms with van der Waals surface area (Å²) < 4.78 is 5.49. The maximum absolute atomic E-state index is 12.2. The first-order valence-corrected chi connectivity index (χ1v) is 7.24. The van der Waals surface area contributed by atoms with Crippen molar-refractivity contribution in [3.63, 3.8) is 0 Å². The molecule has 0 atom stereocenters. The Morgan fingerprint density at radius 2 is 2.05 bits per heavy atom. The molecule has 2 aliphatic rings. The first-order valence-electron chi connectivity index (χ1n) is 6.83. The van der Waals surface area contributed by atoms with E-state index in [0.717, 1.165) is 23.5 Å². The number of hydrogen-bond acceptors (Lipinski definition) is 4. The van der Waals surface area contributed by atoms with Crippen molar-refractivity contribution in [3.05, 3.63) is 46.9 Å². The second kappa shape index (κ2) is 5.00. The average molecular weight is 300 g/mol. The van der Waals surface area contributed by atoms with Crippen molar-refractivity contribution in [1.29, 1.82) is 0 Å². The summed E-state index contributed by atoms with van der Waals surface area (Å²) in [5.41, 5.74) is 4.18. The van der Waals surface area contributed by atoms with Crippen molar-refractivity contribution >= 4 is 35.1 Å². The van der Waals surface area contributed by atoms with Gasteiger partial charge in [-0.2, -0.15) is 0 Å². The molecule has 1 amide bonds. The van der Waals surface area contributed by atoms with E-state index in [2.05, 4.69) is 30.0 Å². The van der Waals surface area contributed by atoms with Crippen LogP contribution in [0, 0.1) is 6.92 Å². The number of nitrogens with zero attached hydrogens (tertiary/aromatic N) is 2. The van der Waals surface area contributed by atoms with E-state index in [1.807, 2.05) is 19.1 Å².